The molecule has 2 saturated carbocycles. The number of hydrogen-bond donors (Lipinski definition) is 2. The molecule has 3 unspecified atom stereocenters. The molecule has 160 valence electrons. The summed E-state index contributed by atoms with van der Waals surface area (Å²) in [5.74, 6) is 0.739. The topological polar surface area (TPSA) is 49.7 Å². The van der Waals surface area contributed by atoms with Crippen LogP contribution in [0.25, 0.3) is 0 Å². The highest BCUT2D eigenvalue weighted by Gasteiger charge is 2.48. The third-order valence-corrected chi connectivity index (χ3v) is 7.90. The summed E-state index contributed by atoms with van der Waals surface area (Å²) in [6.45, 7) is -0.0670. The van der Waals surface area contributed by atoms with Gasteiger partial charge in [-0.15, -0.1) is 0 Å². The van der Waals surface area contributed by atoms with Crippen LogP contribution in [0.4, 0.5) is 0 Å². The van der Waals surface area contributed by atoms with Crippen molar-refractivity contribution >= 4 is 11.6 Å². The lowest BCUT2D eigenvalue weighted by Crippen LogP contribution is -2.33. The van der Waals surface area contributed by atoms with Gasteiger partial charge in [0, 0.05) is 17.9 Å². The molecule has 4 atom stereocenters. The molecule has 0 bridgehead atoms. The van der Waals surface area contributed by atoms with Crippen molar-refractivity contribution in [2.45, 2.75) is 75.6 Å². The maximum Gasteiger partial charge on any atom is 0.0854 e. The Morgan fingerprint density at radius 2 is 1.77 bits per heavy atom. The number of benzene rings is 2. The molecule has 0 amide bonds. The summed E-state index contributed by atoms with van der Waals surface area (Å²) < 4.78 is 5.98. The number of halogens is 1. The minimum Gasteiger partial charge on any atom is -0.394 e. The van der Waals surface area contributed by atoms with E-state index < -0.39 is 6.10 Å². The first-order valence-corrected chi connectivity index (χ1v) is 11.7. The summed E-state index contributed by atoms with van der Waals surface area (Å²) in [6.07, 6.45) is 7.87. The second kappa shape index (κ2) is 8.27. The van der Waals surface area contributed by atoms with E-state index in [0.717, 1.165) is 28.5 Å². The Labute approximate surface area is 184 Å². The van der Waals surface area contributed by atoms with E-state index in [-0.39, 0.29) is 18.8 Å². The van der Waals surface area contributed by atoms with E-state index in [4.69, 9.17) is 16.3 Å². The largest absolute Gasteiger partial charge is 0.394 e. The average Bonchev–Trinajstić information content (AvgIpc) is 3.38. The molecule has 2 aromatic rings. The van der Waals surface area contributed by atoms with Crippen LogP contribution in [0.3, 0.4) is 0 Å². The molecule has 3 aliphatic rings. The van der Waals surface area contributed by atoms with Crippen LogP contribution in [0.1, 0.15) is 79.2 Å². The highest BCUT2D eigenvalue weighted by Crippen LogP contribution is 2.61. The van der Waals surface area contributed by atoms with Gasteiger partial charge >= 0.3 is 0 Å². The standard InChI is InChI=1S/C26H31ClO3/c27-24-6-5-19(25-14-22(29)13-23(16-28)30-25)12-21(24)11-17-1-3-18(4-2-17)20-7-8-26(15-20)9-10-26/h1-6,12,20,22-23,25,28-29H,7-11,13-16H2/t20?,22?,23?,25-/m0/s1. The van der Waals surface area contributed by atoms with Gasteiger partial charge in [-0.3, -0.25) is 0 Å². The van der Waals surface area contributed by atoms with Crippen molar-refractivity contribution in [3.63, 3.8) is 0 Å². The second-order valence-corrected chi connectivity index (χ2v) is 10.2. The number of aliphatic hydroxyl groups is 2. The molecule has 0 radical (unpaired) electrons. The van der Waals surface area contributed by atoms with Gasteiger partial charge in [0.1, 0.15) is 0 Å². The lowest BCUT2D eigenvalue weighted by molar-refractivity contribution is -0.113. The molecular weight excluding hydrogens is 396 g/mol. The zero-order chi connectivity index (χ0) is 20.7. The number of hydrogen-bond acceptors (Lipinski definition) is 3. The Morgan fingerprint density at radius 1 is 1.00 bits per heavy atom. The smallest absolute Gasteiger partial charge is 0.0854 e. The zero-order valence-corrected chi connectivity index (χ0v) is 18.2. The summed E-state index contributed by atoms with van der Waals surface area (Å²) in [4.78, 5) is 0. The van der Waals surface area contributed by atoms with Crippen LogP contribution in [0.2, 0.25) is 5.02 Å². The molecule has 1 heterocycles. The fourth-order valence-electron chi connectivity index (χ4n) is 5.50. The van der Waals surface area contributed by atoms with Gasteiger partial charge in [-0.05, 0) is 78.2 Å². The molecule has 3 nitrogen and oxygen atoms in total. The summed E-state index contributed by atoms with van der Waals surface area (Å²) in [5, 5.41) is 20.3. The fourth-order valence-corrected chi connectivity index (χ4v) is 5.69. The van der Waals surface area contributed by atoms with Crippen LogP contribution in [0, 0.1) is 5.41 Å². The van der Waals surface area contributed by atoms with Gasteiger partial charge in [0.15, 0.2) is 0 Å². The minimum atomic E-state index is -0.446. The van der Waals surface area contributed by atoms with Gasteiger partial charge in [-0.25, -0.2) is 0 Å². The second-order valence-electron chi connectivity index (χ2n) is 9.76. The molecule has 30 heavy (non-hydrogen) atoms. The van der Waals surface area contributed by atoms with Gasteiger partial charge in [0.05, 0.1) is 24.9 Å². The molecule has 4 heteroatoms. The van der Waals surface area contributed by atoms with Crippen molar-refractivity contribution in [1.82, 2.24) is 0 Å². The minimum absolute atomic E-state index is 0.0670. The third kappa shape index (κ3) is 4.31. The number of ether oxygens (including phenoxy) is 1. The highest BCUT2D eigenvalue weighted by molar-refractivity contribution is 6.31. The monoisotopic (exact) mass is 426 g/mol. The lowest BCUT2D eigenvalue weighted by Gasteiger charge is -2.32. The molecule has 2 aliphatic carbocycles. The van der Waals surface area contributed by atoms with E-state index in [1.54, 1.807) is 0 Å². The SMILES string of the molecule is OCC1CC(O)C[C@@H](c2ccc(Cl)c(Cc3ccc(C4CCC5(CC5)C4)cc3)c2)O1. The van der Waals surface area contributed by atoms with Crippen LogP contribution in [-0.4, -0.2) is 29.0 Å². The average molecular weight is 427 g/mol. The first-order valence-electron chi connectivity index (χ1n) is 11.4. The Kier molecular flexibility index (Phi) is 5.66. The van der Waals surface area contributed by atoms with Crippen LogP contribution < -0.4 is 0 Å². The van der Waals surface area contributed by atoms with E-state index in [2.05, 4.69) is 30.3 Å². The van der Waals surface area contributed by atoms with E-state index in [1.807, 2.05) is 12.1 Å². The molecule has 5 rings (SSSR count). The van der Waals surface area contributed by atoms with Crippen molar-refractivity contribution in [3.05, 3.63) is 69.7 Å². The molecular formula is C26H31ClO3. The van der Waals surface area contributed by atoms with E-state index in [1.165, 1.54) is 43.2 Å². The molecule has 1 spiro atoms. The first-order chi connectivity index (χ1) is 14.5. The Bertz CT molecular complexity index is 890. The number of rotatable bonds is 5. The van der Waals surface area contributed by atoms with Crippen LogP contribution in [-0.2, 0) is 11.2 Å². The van der Waals surface area contributed by atoms with E-state index in [9.17, 15) is 10.2 Å². The predicted octanol–water partition coefficient (Wildman–Crippen LogP) is 5.55. The van der Waals surface area contributed by atoms with Crippen LogP contribution in [0.5, 0.6) is 0 Å². The van der Waals surface area contributed by atoms with E-state index in [0.29, 0.717) is 18.3 Å². The van der Waals surface area contributed by atoms with Gasteiger partial charge in [-0.2, -0.15) is 0 Å². The molecule has 1 saturated heterocycles. The normalized spacial score (nSPS) is 30.0. The molecule has 2 N–H and O–H groups in total. The van der Waals surface area contributed by atoms with Gasteiger partial charge in [0.2, 0.25) is 0 Å². The van der Waals surface area contributed by atoms with Gasteiger partial charge < -0.3 is 14.9 Å². The van der Waals surface area contributed by atoms with E-state index >= 15 is 0 Å². The lowest BCUT2D eigenvalue weighted by atomic mass is 9.92. The van der Waals surface area contributed by atoms with Gasteiger partial charge in [-0.1, -0.05) is 48.0 Å². The van der Waals surface area contributed by atoms with Crippen LogP contribution >= 0.6 is 11.6 Å². The summed E-state index contributed by atoms with van der Waals surface area (Å²) in [5.41, 5.74) is 5.55. The fraction of sp³-hybridized carbons (Fsp3) is 0.538. The summed E-state index contributed by atoms with van der Waals surface area (Å²) >= 11 is 6.51. The van der Waals surface area contributed by atoms with Crippen molar-refractivity contribution in [1.29, 1.82) is 0 Å². The predicted molar refractivity (Wildman–Crippen MR) is 119 cm³/mol. The first kappa shape index (κ1) is 20.5. The van der Waals surface area contributed by atoms with Crippen molar-refractivity contribution in [2.24, 2.45) is 5.41 Å². The maximum absolute atomic E-state index is 10.1. The molecule has 1 aliphatic heterocycles. The Hall–Kier alpha value is -1.39. The Balaban J connectivity index is 1.29. The number of aliphatic hydroxyl groups excluding tert-OH is 2. The molecule has 3 fully saturated rings. The van der Waals surface area contributed by atoms with Gasteiger partial charge in [0.25, 0.3) is 0 Å². The maximum atomic E-state index is 10.1. The third-order valence-electron chi connectivity index (χ3n) is 7.53. The van der Waals surface area contributed by atoms with Crippen molar-refractivity contribution in [2.75, 3.05) is 6.61 Å². The highest BCUT2D eigenvalue weighted by atomic mass is 35.5. The Morgan fingerprint density at radius 3 is 2.47 bits per heavy atom. The summed E-state index contributed by atoms with van der Waals surface area (Å²) in [6, 6.07) is 15.1. The summed E-state index contributed by atoms with van der Waals surface area (Å²) in [7, 11) is 0. The van der Waals surface area contributed by atoms with Crippen molar-refractivity contribution in [3.8, 4) is 0 Å². The van der Waals surface area contributed by atoms with Crippen molar-refractivity contribution < 1.29 is 14.9 Å². The zero-order valence-electron chi connectivity index (χ0n) is 17.4. The molecule has 0 aromatic heterocycles. The molecule has 2 aromatic carbocycles. The van der Waals surface area contributed by atoms with Crippen LogP contribution in [0.15, 0.2) is 42.5 Å². The quantitative estimate of drug-likeness (QED) is 0.658.